The van der Waals surface area contributed by atoms with Crippen molar-refractivity contribution >= 4 is 5.95 Å². The zero-order valence-electron chi connectivity index (χ0n) is 10.3. The average molecular weight is 231 g/mol. The highest BCUT2D eigenvalue weighted by Gasteiger charge is 2.12. The molecule has 0 aliphatic carbocycles. The minimum absolute atomic E-state index is 0.323. The van der Waals surface area contributed by atoms with Crippen molar-refractivity contribution in [1.82, 2.24) is 20.2 Å². The molecule has 0 bridgehead atoms. The first-order chi connectivity index (χ1) is 8.18. The van der Waals surface area contributed by atoms with E-state index in [0.29, 0.717) is 17.9 Å². The smallest absolute Gasteiger partial charge is 0.247 e. The van der Waals surface area contributed by atoms with Gasteiger partial charge in [-0.25, -0.2) is 0 Å². The Morgan fingerprint density at radius 2 is 1.82 bits per heavy atom. The van der Waals surface area contributed by atoms with Crippen LogP contribution >= 0.6 is 0 Å². The van der Waals surface area contributed by atoms with Gasteiger partial charge in [0.25, 0.3) is 0 Å². The second kappa shape index (κ2) is 4.95. The van der Waals surface area contributed by atoms with Crippen molar-refractivity contribution in [2.24, 2.45) is 5.92 Å². The van der Waals surface area contributed by atoms with Crippen LogP contribution < -0.4 is 5.32 Å². The summed E-state index contributed by atoms with van der Waals surface area (Å²) < 4.78 is 1.71. The first-order valence-electron chi connectivity index (χ1n) is 5.79. The molecule has 0 aliphatic heterocycles. The highest BCUT2D eigenvalue weighted by molar-refractivity contribution is 5.38. The van der Waals surface area contributed by atoms with E-state index in [0.717, 1.165) is 5.69 Å². The van der Waals surface area contributed by atoms with Crippen LogP contribution in [0.2, 0.25) is 0 Å². The summed E-state index contributed by atoms with van der Waals surface area (Å²) in [6.45, 7) is 6.44. The molecule has 1 atom stereocenters. The molecule has 2 aromatic rings. The molecule has 1 heterocycles. The van der Waals surface area contributed by atoms with Crippen LogP contribution in [-0.4, -0.2) is 26.2 Å². The van der Waals surface area contributed by atoms with Crippen molar-refractivity contribution in [3.05, 3.63) is 30.3 Å². The van der Waals surface area contributed by atoms with Crippen molar-refractivity contribution in [1.29, 1.82) is 0 Å². The second-order valence-corrected chi connectivity index (χ2v) is 4.43. The predicted octanol–water partition coefficient (Wildman–Crippen LogP) is 2.12. The third-order valence-corrected chi connectivity index (χ3v) is 2.83. The first-order valence-corrected chi connectivity index (χ1v) is 5.79. The van der Waals surface area contributed by atoms with Crippen LogP contribution in [0.4, 0.5) is 5.95 Å². The summed E-state index contributed by atoms with van der Waals surface area (Å²) in [6.07, 6.45) is 0. The number of hydrogen-bond acceptors (Lipinski definition) is 4. The third kappa shape index (κ3) is 2.61. The summed E-state index contributed by atoms with van der Waals surface area (Å²) in [5, 5.41) is 15.0. The zero-order chi connectivity index (χ0) is 12.3. The maximum absolute atomic E-state index is 4.01. The van der Waals surface area contributed by atoms with Crippen LogP contribution in [0.3, 0.4) is 0 Å². The van der Waals surface area contributed by atoms with Crippen molar-refractivity contribution in [2.45, 2.75) is 26.8 Å². The van der Waals surface area contributed by atoms with E-state index in [4.69, 9.17) is 0 Å². The van der Waals surface area contributed by atoms with Gasteiger partial charge >= 0.3 is 0 Å². The van der Waals surface area contributed by atoms with E-state index in [9.17, 15) is 0 Å². The summed E-state index contributed by atoms with van der Waals surface area (Å²) in [7, 11) is 0. The van der Waals surface area contributed by atoms with Crippen LogP contribution in [0.15, 0.2) is 30.3 Å². The molecule has 0 aliphatic rings. The van der Waals surface area contributed by atoms with Gasteiger partial charge in [-0.2, -0.15) is 4.68 Å². The minimum Gasteiger partial charge on any atom is -0.350 e. The molecule has 0 saturated carbocycles. The number of benzene rings is 1. The standard InChI is InChI=1S/C12H17N5/c1-9(2)10(3)13-12-14-15-16-17(12)11-7-5-4-6-8-11/h4-10H,1-3H3,(H,13,14,16). The molecule has 0 amide bonds. The molecule has 5 nitrogen and oxygen atoms in total. The van der Waals surface area contributed by atoms with Crippen molar-refractivity contribution in [3.63, 3.8) is 0 Å². The Hall–Kier alpha value is -1.91. The van der Waals surface area contributed by atoms with Crippen LogP contribution in [-0.2, 0) is 0 Å². The lowest BCUT2D eigenvalue weighted by Gasteiger charge is -2.17. The fourth-order valence-corrected chi connectivity index (χ4v) is 1.39. The van der Waals surface area contributed by atoms with Gasteiger partial charge in [-0.05, 0) is 35.4 Å². The summed E-state index contributed by atoms with van der Waals surface area (Å²) in [5.41, 5.74) is 0.955. The molecule has 1 aromatic carbocycles. The number of nitrogens with zero attached hydrogens (tertiary/aromatic N) is 4. The Bertz CT molecular complexity index is 463. The number of nitrogens with one attached hydrogen (secondary N) is 1. The summed E-state index contributed by atoms with van der Waals surface area (Å²) in [5.74, 6) is 1.20. The molecule has 90 valence electrons. The molecular weight excluding hydrogens is 214 g/mol. The lowest BCUT2D eigenvalue weighted by molar-refractivity contribution is 0.554. The molecule has 0 saturated heterocycles. The molecule has 17 heavy (non-hydrogen) atoms. The number of anilines is 1. The predicted molar refractivity (Wildman–Crippen MR) is 67.1 cm³/mol. The molecule has 1 aromatic heterocycles. The van der Waals surface area contributed by atoms with Gasteiger partial charge in [-0.3, -0.25) is 0 Å². The van der Waals surface area contributed by atoms with E-state index in [2.05, 4.69) is 41.6 Å². The molecule has 1 N–H and O–H groups in total. The Kier molecular flexibility index (Phi) is 3.37. The number of rotatable bonds is 4. The highest BCUT2D eigenvalue weighted by atomic mass is 15.6. The van der Waals surface area contributed by atoms with Crippen LogP contribution in [0, 0.1) is 5.92 Å². The normalized spacial score (nSPS) is 12.7. The maximum atomic E-state index is 4.01. The quantitative estimate of drug-likeness (QED) is 0.875. The summed E-state index contributed by atoms with van der Waals surface area (Å²) >= 11 is 0. The first kappa shape index (κ1) is 11.6. The number of tetrazole rings is 1. The molecule has 0 spiro atoms. The van der Waals surface area contributed by atoms with Crippen LogP contribution in [0.5, 0.6) is 0 Å². The molecule has 2 rings (SSSR count). The molecule has 5 heteroatoms. The van der Waals surface area contributed by atoms with Crippen LogP contribution in [0.25, 0.3) is 5.69 Å². The summed E-state index contributed by atoms with van der Waals surface area (Å²) in [4.78, 5) is 0. The molecule has 1 unspecified atom stereocenters. The van der Waals surface area contributed by atoms with Gasteiger partial charge < -0.3 is 5.32 Å². The van der Waals surface area contributed by atoms with Gasteiger partial charge in [0.1, 0.15) is 0 Å². The Balaban J connectivity index is 2.23. The van der Waals surface area contributed by atoms with E-state index in [1.807, 2.05) is 30.3 Å². The van der Waals surface area contributed by atoms with E-state index in [1.165, 1.54) is 0 Å². The summed E-state index contributed by atoms with van der Waals surface area (Å²) in [6, 6.07) is 10.2. The molecular formula is C12H17N5. The number of para-hydroxylation sites is 1. The Labute approximate surface area is 101 Å². The largest absolute Gasteiger partial charge is 0.350 e. The lowest BCUT2D eigenvalue weighted by atomic mass is 10.1. The maximum Gasteiger partial charge on any atom is 0.247 e. The topological polar surface area (TPSA) is 55.6 Å². The monoisotopic (exact) mass is 231 g/mol. The van der Waals surface area contributed by atoms with Gasteiger partial charge in [0.2, 0.25) is 5.95 Å². The molecule has 0 radical (unpaired) electrons. The van der Waals surface area contributed by atoms with Gasteiger partial charge in [0, 0.05) is 6.04 Å². The van der Waals surface area contributed by atoms with Gasteiger partial charge in [0.15, 0.2) is 0 Å². The van der Waals surface area contributed by atoms with Crippen molar-refractivity contribution < 1.29 is 0 Å². The van der Waals surface area contributed by atoms with Crippen molar-refractivity contribution in [3.8, 4) is 5.69 Å². The van der Waals surface area contributed by atoms with E-state index < -0.39 is 0 Å². The Morgan fingerprint density at radius 3 is 2.47 bits per heavy atom. The lowest BCUT2D eigenvalue weighted by Crippen LogP contribution is -2.23. The zero-order valence-corrected chi connectivity index (χ0v) is 10.3. The fraction of sp³-hybridized carbons (Fsp3) is 0.417. The van der Waals surface area contributed by atoms with E-state index in [-0.39, 0.29) is 0 Å². The minimum atomic E-state index is 0.323. The highest BCUT2D eigenvalue weighted by Crippen LogP contribution is 2.13. The Morgan fingerprint density at radius 1 is 1.12 bits per heavy atom. The fourth-order valence-electron chi connectivity index (χ4n) is 1.39. The number of aromatic nitrogens is 4. The SMILES string of the molecule is CC(C)C(C)Nc1nnnn1-c1ccccc1. The van der Waals surface area contributed by atoms with Gasteiger partial charge in [-0.15, -0.1) is 0 Å². The van der Waals surface area contributed by atoms with Crippen molar-refractivity contribution in [2.75, 3.05) is 5.32 Å². The van der Waals surface area contributed by atoms with Crippen LogP contribution in [0.1, 0.15) is 20.8 Å². The third-order valence-electron chi connectivity index (χ3n) is 2.83. The number of hydrogen-bond donors (Lipinski definition) is 1. The average Bonchev–Trinajstić information content (AvgIpc) is 2.78. The molecule has 0 fully saturated rings. The van der Waals surface area contributed by atoms with E-state index >= 15 is 0 Å². The second-order valence-electron chi connectivity index (χ2n) is 4.43. The van der Waals surface area contributed by atoms with Gasteiger partial charge in [-0.1, -0.05) is 37.1 Å². The van der Waals surface area contributed by atoms with E-state index in [1.54, 1.807) is 4.68 Å². The van der Waals surface area contributed by atoms with Gasteiger partial charge in [0.05, 0.1) is 5.69 Å².